The van der Waals surface area contributed by atoms with Crippen LogP contribution in [0.4, 0.5) is 16.4 Å². The summed E-state index contributed by atoms with van der Waals surface area (Å²) in [5.41, 5.74) is 3.09. The van der Waals surface area contributed by atoms with Gasteiger partial charge in [-0.3, -0.25) is 9.69 Å². The Kier molecular flexibility index (Phi) is 4.77. The van der Waals surface area contributed by atoms with Gasteiger partial charge >= 0.3 is 6.09 Å². The second-order valence-corrected chi connectivity index (χ2v) is 8.13. The molecule has 0 radical (unpaired) electrons. The Hall–Kier alpha value is -3.16. The SMILES string of the molecule is Cc1cc(C2CC2)cnc1N1CCN(C(=O)c2ccc(N3CCOC3=O)nc2)CC1. The van der Waals surface area contributed by atoms with Crippen LogP contribution in [0.25, 0.3) is 0 Å². The summed E-state index contributed by atoms with van der Waals surface area (Å²) in [7, 11) is 0. The first-order valence-corrected chi connectivity index (χ1v) is 10.5. The van der Waals surface area contributed by atoms with Crippen molar-refractivity contribution in [3.63, 3.8) is 0 Å². The predicted octanol–water partition coefficient (Wildman–Crippen LogP) is 2.58. The minimum Gasteiger partial charge on any atom is -0.447 e. The highest BCUT2D eigenvalue weighted by atomic mass is 16.6. The summed E-state index contributed by atoms with van der Waals surface area (Å²) in [5.74, 6) is 2.20. The van der Waals surface area contributed by atoms with Crippen molar-refractivity contribution in [2.24, 2.45) is 0 Å². The van der Waals surface area contributed by atoms with Crippen molar-refractivity contribution >= 4 is 23.6 Å². The third kappa shape index (κ3) is 3.58. The largest absolute Gasteiger partial charge is 0.447 e. The van der Waals surface area contributed by atoms with Gasteiger partial charge in [0.25, 0.3) is 5.91 Å². The van der Waals surface area contributed by atoms with Crippen molar-refractivity contribution in [1.29, 1.82) is 0 Å². The number of anilines is 2. The lowest BCUT2D eigenvalue weighted by Crippen LogP contribution is -2.49. The number of ether oxygens (including phenoxy) is 1. The molecule has 0 unspecified atom stereocenters. The molecule has 0 N–H and O–H groups in total. The maximum atomic E-state index is 12.9. The molecular formula is C22H25N5O3. The number of aryl methyl sites for hydroxylation is 1. The first-order chi connectivity index (χ1) is 14.6. The third-order valence-corrected chi connectivity index (χ3v) is 6.02. The number of pyridine rings is 2. The van der Waals surface area contributed by atoms with E-state index in [0.717, 1.165) is 18.9 Å². The number of amides is 2. The van der Waals surface area contributed by atoms with E-state index in [1.807, 2.05) is 11.1 Å². The number of piperazine rings is 1. The van der Waals surface area contributed by atoms with Crippen molar-refractivity contribution < 1.29 is 14.3 Å². The normalized spacial score (nSPS) is 19.2. The molecule has 5 rings (SSSR count). The fourth-order valence-electron chi connectivity index (χ4n) is 4.14. The van der Waals surface area contributed by atoms with Crippen LogP contribution >= 0.6 is 0 Å². The Morgan fingerprint density at radius 1 is 1.07 bits per heavy atom. The molecule has 30 heavy (non-hydrogen) atoms. The highest BCUT2D eigenvalue weighted by Crippen LogP contribution is 2.40. The van der Waals surface area contributed by atoms with Crippen LogP contribution in [-0.4, -0.2) is 66.2 Å². The molecule has 1 saturated carbocycles. The lowest BCUT2D eigenvalue weighted by Gasteiger charge is -2.36. The molecule has 3 aliphatic rings. The third-order valence-electron chi connectivity index (χ3n) is 6.02. The Morgan fingerprint density at radius 2 is 1.87 bits per heavy atom. The summed E-state index contributed by atoms with van der Waals surface area (Å²) in [6.45, 7) is 5.77. The van der Waals surface area contributed by atoms with Gasteiger partial charge in [0.2, 0.25) is 0 Å². The molecule has 8 nitrogen and oxygen atoms in total. The monoisotopic (exact) mass is 407 g/mol. The van der Waals surface area contributed by atoms with Gasteiger partial charge in [0.05, 0.1) is 12.1 Å². The molecule has 1 aliphatic carbocycles. The Bertz CT molecular complexity index is 965. The van der Waals surface area contributed by atoms with Gasteiger partial charge in [-0.25, -0.2) is 14.8 Å². The molecule has 4 heterocycles. The zero-order chi connectivity index (χ0) is 20.7. The summed E-state index contributed by atoms with van der Waals surface area (Å²) in [4.78, 5) is 39.1. The smallest absolute Gasteiger partial charge is 0.415 e. The minimum absolute atomic E-state index is 0.0357. The molecule has 2 aliphatic heterocycles. The van der Waals surface area contributed by atoms with E-state index in [2.05, 4.69) is 22.9 Å². The average molecular weight is 407 g/mol. The van der Waals surface area contributed by atoms with Crippen molar-refractivity contribution in [2.75, 3.05) is 49.1 Å². The van der Waals surface area contributed by atoms with Crippen molar-refractivity contribution in [2.45, 2.75) is 25.7 Å². The van der Waals surface area contributed by atoms with Gasteiger partial charge < -0.3 is 14.5 Å². The number of cyclic esters (lactones) is 1. The molecule has 2 aromatic heterocycles. The Labute approximate surface area is 175 Å². The van der Waals surface area contributed by atoms with Gasteiger partial charge in [-0.2, -0.15) is 0 Å². The molecular weight excluding hydrogens is 382 g/mol. The Balaban J connectivity index is 1.21. The lowest BCUT2D eigenvalue weighted by atomic mass is 10.1. The van der Waals surface area contributed by atoms with Crippen LogP contribution in [0.1, 0.15) is 40.2 Å². The van der Waals surface area contributed by atoms with Gasteiger partial charge in [0, 0.05) is 38.6 Å². The number of aromatic nitrogens is 2. The first-order valence-electron chi connectivity index (χ1n) is 10.5. The molecule has 0 aromatic carbocycles. The van der Waals surface area contributed by atoms with E-state index in [1.165, 1.54) is 35.1 Å². The number of nitrogens with zero attached hydrogens (tertiary/aromatic N) is 5. The first kappa shape index (κ1) is 18.8. The number of carbonyl (C=O) groups is 2. The molecule has 0 bridgehead atoms. The highest BCUT2D eigenvalue weighted by Gasteiger charge is 2.28. The zero-order valence-electron chi connectivity index (χ0n) is 17.1. The number of rotatable bonds is 4. The number of hydrogen-bond acceptors (Lipinski definition) is 6. The maximum Gasteiger partial charge on any atom is 0.415 e. The molecule has 156 valence electrons. The van der Waals surface area contributed by atoms with E-state index in [1.54, 1.807) is 12.1 Å². The van der Waals surface area contributed by atoms with Crippen molar-refractivity contribution in [3.05, 3.63) is 47.3 Å². The van der Waals surface area contributed by atoms with Crippen LogP contribution in [0, 0.1) is 6.92 Å². The van der Waals surface area contributed by atoms with Crippen LogP contribution < -0.4 is 9.80 Å². The fraction of sp³-hybridized carbons (Fsp3) is 0.455. The summed E-state index contributed by atoms with van der Waals surface area (Å²) < 4.78 is 4.93. The van der Waals surface area contributed by atoms with E-state index in [4.69, 9.17) is 9.72 Å². The minimum atomic E-state index is -0.397. The lowest BCUT2D eigenvalue weighted by molar-refractivity contribution is 0.0746. The molecule has 2 saturated heterocycles. The van der Waals surface area contributed by atoms with E-state index < -0.39 is 6.09 Å². The maximum absolute atomic E-state index is 12.9. The second kappa shape index (κ2) is 7.59. The zero-order valence-corrected chi connectivity index (χ0v) is 17.1. The van der Waals surface area contributed by atoms with Crippen molar-refractivity contribution in [3.8, 4) is 0 Å². The summed E-state index contributed by atoms with van der Waals surface area (Å²) in [6, 6.07) is 5.69. The van der Waals surface area contributed by atoms with Gasteiger partial charge in [-0.1, -0.05) is 6.07 Å². The van der Waals surface area contributed by atoms with Crippen LogP contribution in [0.3, 0.4) is 0 Å². The van der Waals surface area contributed by atoms with Gasteiger partial charge in [0.15, 0.2) is 0 Å². The van der Waals surface area contributed by atoms with E-state index in [9.17, 15) is 9.59 Å². The van der Waals surface area contributed by atoms with Crippen LogP contribution in [0.5, 0.6) is 0 Å². The van der Waals surface area contributed by atoms with Crippen LogP contribution in [-0.2, 0) is 4.74 Å². The van der Waals surface area contributed by atoms with Gasteiger partial charge in [0.1, 0.15) is 18.2 Å². The number of carbonyl (C=O) groups excluding carboxylic acids is 2. The fourth-order valence-corrected chi connectivity index (χ4v) is 4.14. The summed E-state index contributed by atoms with van der Waals surface area (Å²) in [5, 5.41) is 0. The van der Waals surface area contributed by atoms with E-state index in [-0.39, 0.29) is 5.91 Å². The summed E-state index contributed by atoms with van der Waals surface area (Å²) >= 11 is 0. The molecule has 0 spiro atoms. The molecule has 8 heteroatoms. The van der Waals surface area contributed by atoms with Crippen LogP contribution in [0.15, 0.2) is 30.6 Å². The average Bonchev–Trinajstić information content (AvgIpc) is 3.54. The molecule has 3 fully saturated rings. The van der Waals surface area contributed by atoms with Gasteiger partial charge in [-0.15, -0.1) is 0 Å². The Morgan fingerprint density at radius 3 is 2.47 bits per heavy atom. The second-order valence-electron chi connectivity index (χ2n) is 8.13. The predicted molar refractivity (Wildman–Crippen MR) is 112 cm³/mol. The quantitative estimate of drug-likeness (QED) is 0.775. The topological polar surface area (TPSA) is 78.9 Å². The standard InChI is InChI=1S/C22H25N5O3/c1-15-12-18(16-2-3-16)14-24-20(15)25-6-8-26(9-7-25)21(28)17-4-5-19(23-13-17)27-10-11-30-22(27)29/h4-5,12-14,16H,2-3,6-11H2,1H3. The highest BCUT2D eigenvalue weighted by molar-refractivity contribution is 5.95. The molecule has 2 aromatic rings. The summed E-state index contributed by atoms with van der Waals surface area (Å²) in [6.07, 6.45) is 5.71. The number of hydrogen-bond donors (Lipinski definition) is 0. The van der Waals surface area contributed by atoms with Gasteiger partial charge in [-0.05, 0) is 48.9 Å². The molecule has 0 atom stereocenters. The van der Waals surface area contributed by atoms with Crippen molar-refractivity contribution in [1.82, 2.24) is 14.9 Å². The van der Waals surface area contributed by atoms with E-state index in [0.29, 0.717) is 43.5 Å². The van der Waals surface area contributed by atoms with Crippen LogP contribution in [0.2, 0.25) is 0 Å². The molecule has 2 amide bonds. The van der Waals surface area contributed by atoms with E-state index >= 15 is 0 Å².